The normalized spacial score (nSPS) is 31.5. The second-order valence-corrected chi connectivity index (χ2v) is 21.1. The third kappa shape index (κ3) is 15.7. The van der Waals surface area contributed by atoms with Gasteiger partial charge in [-0.15, -0.1) is 0 Å². The Morgan fingerprint density at radius 2 is 1.30 bits per heavy atom. The molecule has 312 valence electrons. The summed E-state index contributed by atoms with van der Waals surface area (Å²) in [7, 11) is -8.67. The molecule has 4 aliphatic rings. The fourth-order valence-corrected chi connectivity index (χ4v) is 12.4. The van der Waals surface area contributed by atoms with Gasteiger partial charge in [-0.3, -0.25) is 9.05 Å². The molecule has 1 unspecified atom stereocenters. The van der Waals surface area contributed by atoms with Crippen LogP contribution in [0.5, 0.6) is 0 Å². The second kappa shape index (κ2) is 22.8. The van der Waals surface area contributed by atoms with E-state index in [1.807, 2.05) is 0 Å². The maximum atomic E-state index is 12.9. The highest BCUT2D eigenvalue weighted by molar-refractivity contribution is 7.47. The lowest BCUT2D eigenvalue weighted by molar-refractivity contribution is -0.0573. The summed E-state index contributed by atoms with van der Waals surface area (Å²) in [5.41, 5.74) is 2.24. The van der Waals surface area contributed by atoms with Crippen LogP contribution in [-0.2, 0) is 18.2 Å². The minimum atomic E-state index is -4.64. The van der Waals surface area contributed by atoms with Gasteiger partial charge < -0.3 is 19.6 Å². The van der Waals surface area contributed by atoms with Gasteiger partial charge in [-0.1, -0.05) is 156 Å². The summed E-state index contributed by atoms with van der Waals surface area (Å²) in [6, 6.07) is 0. The predicted molar refractivity (Wildman–Crippen MR) is 218 cm³/mol. The maximum Gasteiger partial charge on any atom is 0.472 e. The monoisotopic (exact) mass is 789 g/mol. The van der Waals surface area contributed by atoms with E-state index in [2.05, 4.69) is 47.6 Å². The third-order valence-electron chi connectivity index (χ3n) is 14.3. The number of unbranched alkanes of at least 4 members (excludes halogenated alkanes) is 13. The zero-order valence-corrected chi connectivity index (χ0v) is 36.6. The van der Waals surface area contributed by atoms with Crippen molar-refractivity contribution in [3.8, 4) is 0 Å². The average Bonchev–Trinajstić information content (AvgIpc) is 3.43. The van der Waals surface area contributed by atoms with E-state index in [1.54, 1.807) is 0 Å². The lowest BCUT2D eigenvalue weighted by Gasteiger charge is -2.58. The van der Waals surface area contributed by atoms with Crippen LogP contribution in [0.15, 0.2) is 11.6 Å². The van der Waals surface area contributed by atoms with Gasteiger partial charge in [-0.05, 0) is 104 Å². The molecule has 0 spiro atoms. The van der Waals surface area contributed by atoms with Crippen LogP contribution in [0.3, 0.4) is 0 Å². The second-order valence-electron chi connectivity index (χ2n) is 18.7. The summed E-state index contributed by atoms with van der Waals surface area (Å²) in [5.74, 6) is 4.97. The van der Waals surface area contributed by atoms with Gasteiger partial charge in [0.05, 0.1) is 12.7 Å². The van der Waals surface area contributed by atoms with Crippen LogP contribution < -0.4 is 0 Å². The molecule has 0 saturated heterocycles. The number of fused-ring (bicyclic) bond motifs is 5. The van der Waals surface area contributed by atoms with Crippen molar-refractivity contribution in [1.29, 1.82) is 0 Å². The summed E-state index contributed by atoms with van der Waals surface area (Å²) in [5, 5.41) is 0. The van der Waals surface area contributed by atoms with Crippen molar-refractivity contribution in [3.05, 3.63) is 11.6 Å². The SMILES string of the molecule is CCCCCCCCCCCCCCCCOP(=O)(O)O[C@H]1CC[C@@]2(C)C(=CC[C@H]3[C@@H]4CC[C@H]([C@H](C)CCCC(C)C)[C@@]4(C)CC[C@@H]32)C1.O=P(O)(O)O. The fourth-order valence-electron chi connectivity index (χ4n) is 11.4. The molecular formula is C43H82O8P2. The first kappa shape index (κ1) is 47.3. The topological polar surface area (TPSA) is 134 Å². The number of phosphoric acid groups is 2. The number of hydrogen-bond acceptors (Lipinski definition) is 4. The number of rotatable bonds is 23. The van der Waals surface area contributed by atoms with Gasteiger partial charge >= 0.3 is 15.6 Å². The van der Waals surface area contributed by atoms with Gasteiger partial charge in [-0.2, -0.15) is 0 Å². The van der Waals surface area contributed by atoms with E-state index in [-0.39, 0.29) is 11.5 Å². The van der Waals surface area contributed by atoms with E-state index >= 15 is 0 Å². The van der Waals surface area contributed by atoms with Crippen LogP contribution in [0.25, 0.3) is 0 Å². The van der Waals surface area contributed by atoms with Crippen molar-refractivity contribution in [2.24, 2.45) is 46.3 Å². The molecule has 0 amide bonds. The largest absolute Gasteiger partial charge is 0.472 e. The molecule has 0 radical (unpaired) electrons. The molecule has 53 heavy (non-hydrogen) atoms. The van der Waals surface area contributed by atoms with Gasteiger partial charge in [0.15, 0.2) is 0 Å². The van der Waals surface area contributed by atoms with Gasteiger partial charge in [0.2, 0.25) is 0 Å². The highest BCUT2D eigenvalue weighted by Crippen LogP contribution is 2.67. The number of hydrogen-bond donors (Lipinski definition) is 4. The first-order chi connectivity index (χ1) is 25.0. The summed E-state index contributed by atoms with van der Waals surface area (Å²) in [6.45, 7) is 15.1. The first-order valence-corrected chi connectivity index (χ1v) is 25.2. The Morgan fingerprint density at radius 1 is 0.736 bits per heavy atom. The Labute approximate surface area is 325 Å². The molecule has 9 atom stereocenters. The summed E-state index contributed by atoms with van der Waals surface area (Å²) < 4.78 is 33.1. The zero-order chi connectivity index (χ0) is 39.1. The molecule has 0 bridgehead atoms. The Bertz CT molecular complexity index is 1160. The average molecular weight is 789 g/mol. The first-order valence-electron chi connectivity index (χ1n) is 22.1. The fraction of sp³-hybridized carbons (Fsp3) is 0.953. The Balaban J connectivity index is 0.00000141. The van der Waals surface area contributed by atoms with Gasteiger partial charge in [0.1, 0.15) is 0 Å². The van der Waals surface area contributed by atoms with E-state index in [0.717, 1.165) is 67.6 Å². The minimum absolute atomic E-state index is 0.204. The predicted octanol–water partition coefficient (Wildman–Crippen LogP) is 13.1. The lowest BCUT2D eigenvalue weighted by Crippen LogP contribution is -2.51. The molecule has 4 rings (SSSR count). The molecular weight excluding hydrogens is 706 g/mol. The van der Waals surface area contributed by atoms with E-state index in [0.29, 0.717) is 12.0 Å². The van der Waals surface area contributed by atoms with Crippen molar-refractivity contribution in [3.63, 3.8) is 0 Å². The highest BCUT2D eigenvalue weighted by Gasteiger charge is 2.59. The van der Waals surface area contributed by atoms with Crippen molar-refractivity contribution >= 4 is 15.6 Å². The zero-order valence-electron chi connectivity index (χ0n) is 34.8. The van der Waals surface area contributed by atoms with E-state index in [4.69, 9.17) is 28.3 Å². The van der Waals surface area contributed by atoms with E-state index < -0.39 is 15.6 Å². The summed E-state index contributed by atoms with van der Waals surface area (Å²) >= 11 is 0. The Kier molecular flexibility index (Phi) is 20.3. The Morgan fingerprint density at radius 3 is 1.87 bits per heavy atom. The molecule has 8 nitrogen and oxygen atoms in total. The van der Waals surface area contributed by atoms with Crippen LogP contribution in [-0.4, -0.2) is 32.3 Å². The van der Waals surface area contributed by atoms with Crippen molar-refractivity contribution < 1.29 is 37.8 Å². The Hall–Kier alpha value is -0.0400. The number of phosphoric ester groups is 1. The van der Waals surface area contributed by atoms with Crippen LogP contribution in [0.4, 0.5) is 0 Å². The van der Waals surface area contributed by atoms with Gasteiger partial charge in [-0.25, -0.2) is 9.13 Å². The molecule has 4 N–H and O–H groups in total. The minimum Gasteiger partial charge on any atom is -0.303 e. The molecule has 0 aromatic carbocycles. The summed E-state index contributed by atoms with van der Waals surface area (Å²) in [6.07, 6.45) is 34.2. The van der Waals surface area contributed by atoms with Crippen molar-refractivity contribution in [2.75, 3.05) is 6.61 Å². The van der Waals surface area contributed by atoms with E-state index in [1.165, 1.54) is 134 Å². The highest BCUT2D eigenvalue weighted by atomic mass is 31.2. The van der Waals surface area contributed by atoms with Gasteiger partial charge in [0, 0.05) is 0 Å². The smallest absolute Gasteiger partial charge is 0.303 e. The van der Waals surface area contributed by atoms with Crippen LogP contribution in [0.2, 0.25) is 0 Å². The quantitative estimate of drug-likeness (QED) is 0.0457. The maximum absolute atomic E-state index is 12.9. The number of allylic oxidation sites excluding steroid dienone is 1. The molecule has 4 aliphatic carbocycles. The third-order valence-corrected chi connectivity index (χ3v) is 15.4. The molecule has 3 fully saturated rings. The molecule has 3 saturated carbocycles. The van der Waals surface area contributed by atoms with Crippen LogP contribution in [0.1, 0.15) is 202 Å². The van der Waals surface area contributed by atoms with E-state index in [9.17, 15) is 9.46 Å². The van der Waals surface area contributed by atoms with Crippen LogP contribution >= 0.6 is 15.6 Å². The molecule has 0 aliphatic heterocycles. The molecule has 0 aromatic rings. The molecule has 0 heterocycles. The molecule has 10 heteroatoms. The summed E-state index contributed by atoms with van der Waals surface area (Å²) in [4.78, 5) is 32.2. The van der Waals surface area contributed by atoms with Crippen molar-refractivity contribution in [2.45, 2.75) is 208 Å². The molecule has 0 aromatic heterocycles. The lowest BCUT2D eigenvalue weighted by atomic mass is 9.47. The van der Waals surface area contributed by atoms with Crippen LogP contribution in [0, 0.1) is 46.3 Å². The van der Waals surface area contributed by atoms with Crippen molar-refractivity contribution in [1.82, 2.24) is 0 Å². The van der Waals surface area contributed by atoms with Gasteiger partial charge in [0.25, 0.3) is 0 Å². The standard InChI is InChI=1S/C43H79O4P.H3O4P/c1-7-8-9-10-11-12-13-14-15-16-17-18-19-20-32-46-48(44,45)47-37-28-30-42(5)36(33-37)24-25-38-40-27-26-39(35(4)23-21-22-34(2)3)43(40,6)31-29-41(38)42;1-5(2,3)4/h24,34-35,37-41H,7-23,25-33H2,1-6H3,(H,44,45);(H3,1,2,3,4)/t35-,37+,38+,39-,40+,41+,42+,43-;/m1./s1.